The highest BCUT2D eigenvalue weighted by Crippen LogP contribution is 2.32. The van der Waals surface area contributed by atoms with Crippen molar-refractivity contribution in [2.45, 2.75) is 18.6 Å². The molecule has 0 heterocycles. The lowest BCUT2D eigenvalue weighted by Crippen LogP contribution is -2.07. The first-order chi connectivity index (χ1) is 6.59. The van der Waals surface area contributed by atoms with Crippen LogP contribution in [0, 0.1) is 0 Å². The van der Waals surface area contributed by atoms with Crippen LogP contribution in [0.25, 0.3) is 10.8 Å². The summed E-state index contributed by atoms with van der Waals surface area (Å²) in [7, 11) is 0. The Hall–Kier alpha value is -0.950. The summed E-state index contributed by atoms with van der Waals surface area (Å²) in [5, 5.41) is 2.59. The summed E-state index contributed by atoms with van der Waals surface area (Å²) in [6.07, 6.45) is 0. The van der Waals surface area contributed by atoms with Crippen LogP contribution < -0.4 is 0 Å². The van der Waals surface area contributed by atoms with Crippen LogP contribution in [0.15, 0.2) is 42.5 Å². The van der Waals surface area contributed by atoms with E-state index in [9.17, 15) is 0 Å². The predicted molar refractivity (Wildman–Crippen MR) is 66.0 cm³/mol. The fraction of sp³-hybridized carbons (Fsp3) is 0.231. The molecule has 0 bridgehead atoms. The van der Waals surface area contributed by atoms with E-state index in [4.69, 9.17) is 0 Å². The van der Waals surface area contributed by atoms with Gasteiger partial charge in [0.05, 0.1) is 0 Å². The van der Waals surface area contributed by atoms with Crippen molar-refractivity contribution in [2.24, 2.45) is 0 Å². The third-order valence-corrected chi connectivity index (χ3v) is 2.69. The summed E-state index contributed by atoms with van der Waals surface area (Å²) in [4.78, 5) is 0. The number of hydrogen-bond acceptors (Lipinski definition) is 1. The molecule has 0 nitrogen and oxygen atoms in total. The molecule has 14 heavy (non-hydrogen) atoms. The average molecular weight is 202 g/mol. The second-order valence-electron chi connectivity index (χ2n) is 4.09. The van der Waals surface area contributed by atoms with E-state index >= 15 is 0 Å². The van der Waals surface area contributed by atoms with E-state index in [0.717, 1.165) is 0 Å². The van der Waals surface area contributed by atoms with Gasteiger partial charge < -0.3 is 0 Å². The summed E-state index contributed by atoms with van der Waals surface area (Å²) in [6, 6.07) is 14.8. The van der Waals surface area contributed by atoms with E-state index in [1.165, 1.54) is 16.3 Å². The molecule has 0 atom stereocenters. The molecule has 0 unspecified atom stereocenters. The average Bonchev–Trinajstić information content (AvgIpc) is 2.15. The van der Waals surface area contributed by atoms with E-state index in [1.807, 2.05) is 0 Å². The minimum absolute atomic E-state index is 0.0825. The monoisotopic (exact) mass is 202 g/mol. The third kappa shape index (κ3) is 1.64. The molecule has 2 rings (SSSR count). The van der Waals surface area contributed by atoms with Gasteiger partial charge in [-0.1, -0.05) is 42.5 Å². The summed E-state index contributed by atoms with van der Waals surface area (Å²) in [5.41, 5.74) is 1.29. The van der Waals surface area contributed by atoms with Crippen molar-refractivity contribution >= 4 is 23.4 Å². The van der Waals surface area contributed by atoms with E-state index < -0.39 is 0 Å². The molecule has 72 valence electrons. The minimum atomic E-state index is -0.0825. The Kier molecular flexibility index (Phi) is 2.28. The maximum atomic E-state index is 4.62. The fourth-order valence-corrected chi connectivity index (χ4v) is 1.95. The summed E-state index contributed by atoms with van der Waals surface area (Å²) in [5.74, 6) is 0. The molecule has 0 fully saturated rings. The predicted octanol–water partition coefficient (Wildman–Crippen LogP) is 4.00. The van der Waals surface area contributed by atoms with Gasteiger partial charge in [-0.2, -0.15) is 12.6 Å². The van der Waals surface area contributed by atoms with Crippen molar-refractivity contribution in [1.82, 2.24) is 0 Å². The normalized spacial score (nSPS) is 11.9. The Labute approximate surface area is 90.4 Å². The molecule has 2 aromatic carbocycles. The Balaban J connectivity index is 2.78. The quantitative estimate of drug-likeness (QED) is 0.664. The highest BCUT2D eigenvalue weighted by molar-refractivity contribution is 7.81. The molecule has 0 aromatic heterocycles. The van der Waals surface area contributed by atoms with Crippen LogP contribution in [0.4, 0.5) is 0 Å². The molecule has 0 aliphatic carbocycles. The Bertz CT molecular complexity index is 447. The number of benzene rings is 2. The molecule has 0 N–H and O–H groups in total. The van der Waals surface area contributed by atoms with Gasteiger partial charge in [-0.15, -0.1) is 0 Å². The van der Waals surface area contributed by atoms with Gasteiger partial charge in [0, 0.05) is 4.75 Å². The van der Waals surface area contributed by atoms with Gasteiger partial charge in [0.15, 0.2) is 0 Å². The van der Waals surface area contributed by atoms with Crippen LogP contribution in [-0.4, -0.2) is 0 Å². The molecular weight excluding hydrogens is 188 g/mol. The van der Waals surface area contributed by atoms with Crippen LogP contribution in [0.3, 0.4) is 0 Å². The molecular formula is C13H14S. The molecule has 0 aliphatic rings. The highest BCUT2D eigenvalue weighted by atomic mass is 32.1. The zero-order chi connectivity index (χ0) is 10.2. The van der Waals surface area contributed by atoms with Crippen LogP contribution in [0.5, 0.6) is 0 Å². The van der Waals surface area contributed by atoms with Gasteiger partial charge in [-0.05, 0) is 30.2 Å². The SMILES string of the molecule is CC(C)(S)c1cccc2ccccc12. The van der Waals surface area contributed by atoms with Crippen molar-refractivity contribution in [3.8, 4) is 0 Å². The lowest BCUT2D eigenvalue weighted by atomic mass is 9.95. The zero-order valence-electron chi connectivity index (χ0n) is 8.49. The molecule has 0 spiro atoms. The summed E-state index contributed by atoms with van der Waals surface area (Å²) >= 11 is 4.62. The van der Waals surface area contributed by atoms with Crippen molar-refractivity contribution in [3.05, 3.63) is 48.0 Å². The summed E-state index contributed by atoms with van der Waals surface area (Å²) in [6.45, 7) is 4.25. The Morgan fingerprint density at radius 3 is 2.29 bits per heavy atom. The van der Waals surface area contributed by atoms with Crippen molar-refractivity contribution in [3.63, 3.8) is 0 Å². The van der Waals surface area contributed by atoms with E-state index in [0.29, 0.717) is 0 Å². The number of hydrogen-bond donors (Lipinski definition) is 1. The maximum absolute atomic E-state index is 4.62. The van der Waals surface area contributed by atoms with Crippen molar-refractivity contribution < 1.29 is 0 Å². The number of thiol groups is 1. The Morgan fingerprint density at radius 1 is 0.929 bits per heavy atom. The summed E-state index contributed by atoms with van der Waals surface area (Å²) < 4.78 is -0.0825. The molecule has 0 saturated heterocycles. The zero-order valence-corrected chi connectivity index (χ0v) is 9.38. The third-order valence-electron chi connectivity index (χ3n) is 2.45. The molecule has 2 aromatic rings. The second kappa shape index (κ2) is 3.32. The highest BCUT2D eigenvalue weighted by Gasteiger charge is 2.16. The van der Waals surface area contributed by atoms with Gasteiger partial charge in [0.2, 0.25) is 0 Å². The minimum Gasteiger partial charge on any atom is -0.168 e. The first kappa shape index (κ1) is 9.60. The smallest absolute Gasteiger partial charge is 0.0328 e. The molecule has 0 radical (unpaired) electrons. The van der Waals surface area contributed by atoms with Crippen molar-refractivity contribution in [2.75, 3.05) is 0 Å². The fourth-order valence-electron chi connectivity index (χ4n) is 1.76. The maximum Gasteiger partial charge on any atom is 0.0328 e. The van der Waals surface area contributed by atoms with Crippen LogP contribution in [0.2, 0.25) is 0 Å². The first-order valence-corrected chi connectivity index (χ1v) is 5.24. The van der Waals surface area contributed by atoms with Gasteiger partial charge in [0.1, 0.15) is 0 Å². The van der Waals surface area contributed by atoms with Crippen LogP contribution >= 0.6 is 12.6 Å². The molecule has 0 amide bonds. The van der Waals surface area contributed by atoms with Crippen LogP contribution in [0.1, 0.15) is 19.4 Å². The number of fused-ring (bicyclic) bond motifs is 1. The van der Waals surface area contributed by atoms with Gasteiger partial charge in [-0.25, -0.2) is 0 Å². The van der Waals surface area contributed by atoms with Crippen LogP contribution in [-0.2, 0) is 4.75 Å². The van der Waals surface area contributed by atoms with Crippen molar-refractivity contribution in [1.29, 1.82) is 0 Å². The lowest BCUT2D eigenvalue weighted by molar-refractivity contribution is 0.800. The number of rotatable bonds is 1. The molecule has 0 aliphatic heterocycles. The lowest BCUT2D eigenvalue weighted by Gasteiger charge is -2.20. The van der Waals surface area contributed by atoms with E-state index in [-0.39, 0.29) is 4.75 Å². The van der Waals surface area contributed by atoms with E-state index in [2.05, 4.69) is 68.9 Å². The molecule has 0 saturated carbocycles. The largest absolute Gasteiger partial charge is 0.168 e. The molecule has 1 heteroatoms. The van der Waals surface area contributed by atoms with E-state index in [1.54, 1.807) is 0 Å². The second-order valence-corrected chi connectivity index (χ2v) is 5.20. The first-order valence-electron chi connectivity index (χ1n) is 4.79. The topological polar surface area (TPSA) is 0 Å². The van der Waals surface area contributed by atoms with Gasteiger partial charge >= 0.3 is 0 Å². The Morgan fingerprint density at radius 2 is 1.57 bits per heavy atom. The standard InChI is InChI=1S/C13H14S/c1-13(2,14)12-9-5-7-10-6-3-4-8-11(10)12/h3-9,14H,1-2H3. The van der Waals surface area contributed by atoms with Gasteiger partial charge in [0.25, 0.3) is 0 Å². The van der Waals surface area contributed by atoms with Gasteiger partial charge in [-0.3, -0.25) is 0 Å².